The summed E-state index contributed by atoms with van der Waals surface area (Å²) in [6.45, 7) is 5.57. The summed E-state index contributed by atoms with van der Waals surface area (Å²) in [7, 11) is 0. The van der Waals surface area contributed by atoms with Gasteiger partial charge in [-0.25, -0.2) is 4.79 Å². The fourth-order valence-corrected chi connectivity index (χ4v) is 2.35. The number of hydrogen-bond donors (Lipinski definition) is 1. The molecule has 2 aromatic carbocycles. The number of esters is 1. The zero-order valence-electron chi connectivity index (χ0n) is 15.4. The first-order valence-electron chi connectivity index (χ1n) is 8.57. The number of carbonyl (C=O) groups excluding carboxylic acids is 2. The predicted octanol–water partition coefficient (Wildman–Crippen LogP) is 4.39. The minimum absolute atomic E-state index is 0.0239. The molecule has 0 heterocycles. The van der Waals surface area contributed by atoms with Crippen LogP contribution in [-0.2, 0) is 20.9 Å². The molecule has 138 valence electrons. The topological polar surface area (TPSA) is 64.6 Å². The molecular weight excluding hydrogens is 330 g/mol. The van der Waals surface area contributed by atoms with Crippen molar-refractivity contribution in [2.45, 2.75) is 45.4 Å². The lowest BCUT2D eigenvalue weighted by Gasteiger charge is -2.23. The maximum Gasteiger partial charge on any atom is 0.408 e. The van der Waals surface area contributed by atoms with Crippen LogP contribution in [0.25, 0.3) is 0 Å². The van der Waals surface area contributed by atoms with Crippen LogP contribution >= 0.6 is 0 Å². The van der Waals surface area contributed by atoms with Gasteiger partial charge in [0.1, 0.15) is 12.2 Å². The minimum Gasteiger partial charge on any atom is -0.461 e. The third-order valence-electron chi connectivity index (χ3n) is 3.51. The Balaban J connectivity index is 1.99. The lowest BCUT2D eigenvalue weighted by atomic mass is 10.0. The van der Waals surface area contributed by atoms with Crippen LogP contribution in [-0.4, -0.2) is 17.7 Å². The van der Waals surface area contributed by atoms with Crippen molar-refractivity contribution in [3.63, 3.8) is 0 Å². The molecule has 1 amide bonds. The van der Waals surface area contributed by atoms with Crippen molar-refractivity contribution in [2.24, 2.45) is 0 Å². The van der Waals surface area contributed by atoms with Crippen molar-refractivity contribution < 1.29 is 19.1 Å². The number of nitrogens with one attached hydrogen (secondary N) is 1. The molecule has 1 atom stereocenters. The van der Waals surface area contributed by atoms with Gasteiger partial charge in [0.05, 0.1) is 12.5 Å². The van der Waals surface area contributed by atoms with Crippen LogP contribution < -0.4 is 5.32 Å². The number of hydrogen-bond acceptors (Lipinski definition) is 4. The number of rotatable bonds is 6. The summed E-state index contributed by atoms with van der Waals surface area (Å²) in [5.74, 6) is -0.390. The van der Waals surface area contributed by atoms with E-state index in [4.69, 9.17) is 9.47 Å². The molecule has 0 aliphatic carbocycles. The van der Waals surface area contributed by atoms with Gasteiger partial charge >= 0.3 is 12.1 Å². The molecule has 0 spiro atoms. The molecule has 0 fully saturated rings. The van der Waals surface area contributed by atoms with Crippen molar-refractivity contribution in [3.8, 4) is 0 Å². The second-order valence-corrected chi connectivity index (χ2v) is 6.96. The molecule has 0 aliphatic rings. The van der Waals surface area contributed by atoms with Crippen molar-refractivity contribution >= 4 is 12.1 Å². The molecular formula is C21H25NO4. The Bertz CT molecular complexity index is 708. The van der Waals surface area contributed by atoms with E-state index >= 15 is 0 Å². The third kappa shape index (κ3) is 6.97. The van der Waals surface area contributed by atoms with Gasteiger partial charge in [0, 0.05) is 0 Å². The number of carbonyl (C=O) groups is 2. The van der Waals surface area contributed by atoms with E-state index in [1.165, 1.54) is 0 Å². The van der Waals surface area contributed by atoms with E-state index in [0.29, 0.717) is 0 Å². The highest BCUT2D eigenvalue weighted by Gasteiger charge is 2.23. The summed E-state index contributed by atoms with van der Waals surface area (Å²) < 4.78 is 10.6. The van der Waals surface area contributed by atoms with Gasteiger partial charge in [0.25, 0.3) is 0 Å². The third-order valence-corrected chi connectivity index (χ3v) is 3.51. The largest absolute Gasteiger partial charge is 0.461 e. The Morgan fingerprint density at radius 1 is 0.962 bits per heavy atom. The van der Waals surface area contributed by atoms with Crippen LogP contribution in [0.2, 0.25) is 0 Å². The van der Waals surface area contributed by atoms with Crippen LogP contribution in [0.4, 0.5) is 4.79 Å². The average Bonchev–Trinajstić information content (AvgIpc) is 2.59. The first-order valence-corrected chi connectivity index (χ1v) is 8.57. The second kappa shape index (κ2) is 9.04. The van der Waals surface area contributed by atoms with Gasteiger partial charge in [-0.1, -0.05) is 60.7 Å². The number of ether oxygens (including phenoxy) is 2. The molecule has 0 saturated heterocycles. The Morgan fingerprint density at radius 2 is 1.54 bits per heavy atom. The summed E-state index contributed by atoms with van der Waals surface area (Å²) in [6, 6.07) is 18.2. The normalized spacial score (nSPS) is 12.1. The van der Waals surface area contributed by atoms with Gasteiger partial charge in [-0.05, 0) is 31.9 Å². The highest BCUT2D eigenvalue weighted by atomic mass is 16.6. The molecule has 2 rings (SSSR count). The summed E-state index contributed by atoms with van der Waals surface area (Å²) >= 11 is 0. The van der Waals surface area contributed by atoms with E-state index in [2.05, 4.69) is 5.32 Å². The van der Waals surface area contributed by atoms with Gasteiger partial charge < -0.3 is 14.8 Å². The lowest BCUT2D eigenvalue weighted by Crippen LogP contribution is -2.36. The molecule has 0 bridgehead atoms. The monoisotopic (exact) mass is 355 g/mol. The number of amides is 1. The lowest BCUT2D eigenvalue weighted by molar-refractivity contribution is -0.145. The standard InChI is InChI=1S/C21H25NO4/c1-21(2,3)26-20(24)22-18(17-12-8-5-9-13-17)14-19(23)25-15-16-10-6-4-7-11-16/h4-13,18H,14-15H2,1-3H3,(H,22,24)/t18-/m0/s1. The summed E-state index contributed by atoms with van der Waals surface area (Å²) in [4.78, 5) is 24.4. The summed E-state index contributed by atoms with van der Waals surface area (Å²) in [6.07, 6.45) is -0.543. The first kappa shape index (κ1) is 19.5. The quantitative estimate of drug-likeness (QED) is 0.781. The molecule has 0 radical (unpaired) electrons. The molecule has 1 N–H and O–H groups in total. The molecule has 26 heavy (non-hydrogen) atoms. The van der Waals surface area contributed by atoms with Gasteiger partial charge in [-0.2, -0.15) is 0 Å². The fourth-order valence-electron chi connectivity index (χ4n) is 2.35. The summed E-state index contributed by atoms with van der Waals surface area (Å²) in [5, 5.41) is 2.76. The second-order valence-electron chi connectivity index (χ2n) is 6.96. The van der Waals surface area contributed by atoms with E-state index in [1.807, 2.05) is 60.7 Å². The SMILES string of the molecule is CC(C)(C)OC(=O)N[C@@H](CC(=O)OCc1ccccc1)c1ccccc1. The van der Waals surface area contributed by atoms with Crippen molar-refractivity contribution in [3.05, 3.63) is 71.8 Å². The van der Waals surface area contributed by atoms with E-state index in [1.54, 1.807) is 20.8 Å². The van der Waals surface area contributed by atoms with Crippen LogP contribution in [0.5, 0.6) is 0 Å². The van der Waals surface area contributed by atoms with Gasteiger partial charge in [0.15, 0.2) is 0 Å². The predicted molar refractivity (Wildman–Crippen MR) is 99.4 cm³/mol. The Morgan fingerprint density at radius 3 is 2.12 bits per heavy atom. The van der Waals surface area contributed by atoms with E-state index in [9.17, 15) is 9.59 Å². The molecule has 0 saturated carbocycles. The smallest absolute Gasteiger partial charge is 0.408 e. The summed E-state index contributed by atoms with van der Waals surface area (Å²) in [5.41, 5.74) is 1.12. The molecule has 0 aliphatic heterocycles. The Labute approximate surface area is 154 Å². The first-order chi connectivity index (χ1) is 12.3. The van der Waals surface area contributed by atoms with Crippen LogP contribution in [0.1, 0.15) is 44.4 Å². The van der Waals surface area contributed by atoms with E-state index < -0.39 is 23.7 Å². The van der Waals surface area contributed by atoms with Crippen molar-refractivity contribution in [2.75, 3.05) is 0 Å². The van der Waals surface area contributed by atoms with Crippen LogP contribution in [0.3, 0.4) is 0 Å². The van der Waals surface area contributed by atoms with Crippen molar-refractivity contribution in [1.29, 1.82) is 0 Å². The minimum atomic E-state index is -0.612. The van der Waals surface area contributed by atoms with E-state index in [-0.39, 0.29) is 13.0 Å². The zero-order chi connectivity index (χ0) is 19.0. The number of alkyl carbamates (subject to hydrolysis) is 1. The Kier molecular flexibility index (Phi) is 6.78. The van der Waals surface area contributed by atoms with Gasteiger partial charge in [-0.15, -0.1) is 0 Å². The molecule has 5 nitrogen and oxygen atoms in total. The maximum absolute atomic E-state index is 12.3. The average molecular weight is 355 g/mol. The zero-order valence-corrected chi connectivity index (χ0v) is 15.4. The fraction of sp³-hybridized carbons (Fsp3) is 0.333. The van der Waals surface area contributed by atoms with Crippen LogP contribution in [0.15, 0.2) is 60.7 Å². The van der Waals surface area contributed by atoms with E-state index in [0.717, 1.165) is 11.1 Å². The highest BCUT2D eigenvalue weighted by molar-refractivity contribution is 5.73. The Hall–Kier alpha value is -2.82. The molecule has 0 unspecified atom stereocenters. The molecule has 5 heteroatoms. The number of benzene rings is 2. The molecule has 2 aromatic rings. The van der Waals surface area contributed by atoms with Crippen LogP contribution in [0, 0.1) is 0 Å². The van der Waals surface area contributed by atoms with Crippen molar-refractivity contribution in [1.82, 2.24) is 5.32 Å². The highest BCUT2D eigenvalue weighted by Crippen LogP contribution is 2.19. The van der Waals surface area contributed by atoms with Gasteiger partial charge in [0.2, 0.25) is 0 Å². The molecule has 0 aromatic heterocycles. The maximum atomic E-state index is 12.3. The van der Waals surface area contributed by atoms with Gasteiger partial charge in [-0.3, -0.25) is 4.79 Å².